The average Bonchev–Trinajstić information content (AvgIpc) is 3.00. The molecule has 0 saturated carbocycles. The largest absolute Gasteiger partial charge is 0.469 e. The maximum absolute atomic E-state index is 12.6. The monoisotopic (exact) mass is 373 g/mol. The Morgan fingerprint density at radius 2 is 1.89 bits per heavy atom. The number of benzene rings is 1. The fourth-order valence-electron chi connectivity index (χ4n) is 4.22. The van der Waals surface area contributed by atoms with Crippen LogP contribution in [0.15, 0.2) is 29.1 Å². The quantitative estimate of drug-likeness (QED) is 0.694. The van der Waals surface area contributed by atoms with E-state index in [-0.39, 0.29) is 12.0 Å². The van der Waals surface area contributed by atoms with Crippen molar-refractivity contribution in [3.8, 4) is 0 Å². The topological polar surface area (TPSA) is 98.4 Å². The predicted octanol–water partition coefficient (Wildman–Crippen LogP) is 1.78. The number of hydrogen-bond acceptors (Lipinski definition) is 5. The number of ether oxygens (including phenoxy) is 1. The van der Waals surface area contributed by atoms with Crippen molar-refractivity contribution in [1.82, 2.24) is 10.2 Å². The molecule has 7 nitrogen and oxygen atoms in total. The van der Waals surface area contributed by atoms with E-state index in [4.69, 9.17) is 4.74 Å². The van der Waals surface area contributed by atoms with Crippen molar-refractivity contribution in [3.05, 3.63) is 51.4 Å². The average molecular weight is 373 g/mol. The Labute approximate surface area is 158 Å². The third kappa shape index (κ3) is 3.27. The molecule has 0 spiro atoms. The highest BCUT2D eigenvalue weighted by Gasteiger charge is 2.51. The first-order chi connectivity index (χ1) is 12.8. The van der Waals surface area contributed by atoms with E-state index >= 15 is 0 Å². The zero-order valence-electron chi connectivity index (χ0n) is 16.2. The second-order valence-electron chi connectivity index (χ2n) is 7.25. The van der Waals surface area contributed by atoms with E-state index in [2.05, 4.69) is 28.9 Å². The summed E-state index contributed by atoms with van der Waals surface area (Å²) in [4.78, 5) is 27.2. The fraction of sp³-hybridized carbons (Fsp3) is 0.500. The van der Waals surface area contributed by atoms with Crippen LogP contribution in [-0.4, -0.2) is 47.1 Å². The van der Waals surface area contributed by atoms with Crippen LogP contribution in [0.2, 0.25) is 0 Å². The molecule has 0 radical (unpaired) electrons. The van der Waals surface area contributed by atoms with E-state index in [1.54, 1.807) is 6.92 Å². The summed E-state index contributed by atoms with van der Waals surface area (Å²) in [5.74, 6) is -1.98. The Kier molecular flexibility index (Phi) is 5.15. The molecule has 146 valence electrons. The molecule has 7 heteroatoms. The van der Waals surface area contributed by atoms with Gasteiger partial charge in [-0.15, -0.1) is 0 Å². The molecule has 2 aromatic rings. The first-order valence-corrected chi connectivity index (χ1v) is 9.28. The number of nitrogens with zero attached hydrogens (tertiary/aromatic N) is 1. The summed E-state index contributed by atoms with van der Waals surface area (Å²) in [6, 6.07) is 7.82. The molecule has 1 aromatic carbocycles. The van der Waals surface area contributed by atoms with Crippen molar-refractivity contribution >= 4 is 11.7 Å². The first kappa shape index (κ1) is 19.2. The summed E-state index contributed by atoms with van der Waals surface area (Å²) in [5.41, 5.74) is 1.38. The minimum absolute atomic E-state index is 0.175. The molecule has 0 bridgehead atoms. The summed E-state index contributed by atoms with van der Waals surface area (Å²) in [7, 11) is 1.30. The number of aliphatic hydroxyl groups is 1. The van der Waals surface area contributed by atoms with Gasteiger partial charge in [0, 0.05) is 42.4 Å². The van der Waals surface area contributed by atoms with Crippen molar-refractivity contribution in [2.24, 2.45) is 5.92 Å². The van der Waals surface area contributed by atoms with Gasteiger partial charge >= 0.3 is 5.97 Å². The molecule has 27 heavy (non-hydrogen) atoms. The number of methoxy groups -OCH3 is 1. The summed E-state index contributed by atoms with van der Waals surface area (Å²) in [6.07, 6.45) is 0.175. The second-order valence-corrected chi connectivity index (χ2v) is 7.25. The molecule has 1 heterocycles. The SMILES string of the molecule is CCN(CC)c1ccc([C@H]2c3c([nH][nH]c3=O)C[C@@](C)(O)[C@@H]2C(=O)OC)cc1. The lowest BCUT2D eigenvalue weighted by atomic mass is 9.66. The number of carbonyl (C=O) groups is 1. The van der Waals surface area contributed by atoms with E-state index in [1.165, 1.54) is 7.11 Å². The number of aromatic nitrogens is 2. The second kappa shape index (κ2) is 7.23. The molecule has 0 fully saturated rings. The highest BCUT2D eigenvalue weighted by molar-refractivity contribution is 5.77. The van der Waals surface area contributed by atoms with Gasteiger partial charge in [-0.3, -0.25) is 14.7 Å². The Morgan fingerprint density at radius 3 is 2.44 bits per heavy atom. The summed E-state index contributed by atoms with van der Waals surface area (Å²) < 4.78 is 4.98. The van der Waals surface area contributed by atoms with Crippen LogP contribution in [0.4, 0.5) is 5.69 Å². The zero-order valence-corrected chi connectivity index (χ0v) is 16.2. The van der Waals surface area contributed by atoms with Gasteiger partial charge in [-0.05, 0) is 38.5 Å². The van der Waals surface area contributed by atoms with E-state index in [0.29, 0.717) is 11.3 Å². The van der Waals surface area contributed by atoms with Crippen molar-refractivity contribution in [2.75, 3.05) is 25.1 Å². The number of nitrogens with one attached hydrogen (secondary N) is 2. The van der Waals surface area contributed by atoms with Gasteiger partial charge in [0.05, 0.1) is 18.6 Å². The number of esters is 1. The lowest BCUT2D eigenvalue weighted by Crippen LogP contribution is -2.49. The third-order valence-corrected chi connectivity index (χ3v) is 5.58. The molecule has 3 atom stereocenters. The number of H-pyrrole nitrogens is 2. The Bertz CT molecular complexity index is 862. The lowest BCUT2D eigenvalue weighted by molar-refractivity contribution is -0.156. The molecule has 0 unspecified atom stereocenters. The predicted molar refractivity (Wildman–Crippen MR) is 103 cm³/mol. The van der Waals surface area contributed by atoms with E-state index in [9.17, 15) is 14.7 Å². The van der Waals surface area contributed by atoms with Gasteiger partial charge in [0.25, 0.3) is 5.56 Å². The van der Waals surface area contributed by atoms with Crippen molar-refractivity contribution < 1.29 is 14.6 Å². The number of carbonyl (C=O) groups excluding carboxylic acids is 1. The number of fused-ring (bicyclic) bond motifs is 1. The lowest BCUT2D eigenvalue weighted by Gasteiger charge is -2.40. The van der Waals surface area contributed by atoms with Crippen LogP contribution in [0.1, 0.15) is 43.5 Å². The number of rotatable bonds is 5. The van der Waals surface area contributed by atoms with Gasteiger partial charge < -0.3 is 19.8 Å². The van der Waals surface area contributed by atoms with E-state index in [0.717, 1.165) is 24.3 Å². The van der Waals surface area contributed by atoms with Crippen LogP contribution in [0, 0.1) is 5.92 Å². The fourth-order valence-corrected chi connectivity index (χ4v) is 4.22. The van der Waals surface area contributed by atoms with Crippen LogP contribution >= 0.6 is 0 Å². The van der Waals surface area contributed by atoms with Crippen molar-refractivity contribution in [1.29, 1.82) is 0 Å². The van der Waals surface area contributed by atoms with Gasteiger partial charge in [0.1, 0.15) is 0 Å². The molecular weight excluding hydrogens is 346 g/mol. The number of aromatic amines is 2. The summed E-state index contributed by atoms with van der Waals surface area (Å²) in [5, 5.41) is 16.4. The Morgan fingerprint density at radius 1 is 1.26 bits per heavy atom. The van der Waals surface area contributed by atoms with Gasteiger partial charge in [-0.1, -0.05) is 12.1 Å². The van der Waals surface area contributed by atoms with Crippen LogP contribution in [-0.2, 0) is 16.0 Å². The van der Waals surface area contributed by atoms with Crippen molar-refractivity contribution in [3.63, 3.8) is 0 Å². The van der Waals surface area contributed by atoms with Crippen LogP contribution in [0.5, 0.6) is 0 Å². The van der Waals surface area contributed by atoms with Crippen LogP contribution < -0.4 is 10.5 Å². The Balaban J connectivity index is 2.13. The molecule has 3 rings (SSSR count). The van der Waals surface area contributed by atoms with Gasteiger partial charge in [0.2, 0.25) is 0 Å². The molecule has 0 amide bonds. The first-order valence-electron chi connectivity index (χ1n) is 9.28. The standard InChI is InChI=1S/C20H27N3O4/c1-5-23(6-2)13-9-7-12(8-10-13)15-16-14(21-22-18(16)24)11-20(3,26)17(15)19(25)27-4/h7-10,15,17,26H,5-6,11H2,1-4H3,(H2,21,22,24)/t15-,17-,20+/m0/s1. The number of anilines is 1. The molecule has 1 aromatic heterocycles. The molecule has 1 aliphatic carbocycles. The number of hydrogen-bond donors (Lipinski definition) is 3. The van der Waals surface area contributed by atoms with Gasteiger partial charge in [-0.2, -0.15) is 0 Å². The minimum Gasteiger partial charge on any atom is -0.469 e. The zero-order chi connectivity index (χ0) is 19.8. The molecular formula is C20H27N3O4. The smallest absolute Gasteiger partial charge is 0.312 e. The molecule has 0 aliphatic heterocycles. The van der Waals surface area contributed by atoms with Crippen LogP contribution in [0.25, 0.3) is 0 Å². The third-order valence-electron chi connectivity index (χ3n) is 5.58. The summed E-state index contributed by atoms with van der Waals surface area (Å²) >= 11 is 0. The molecule has 3 N–H and O–H groups in total. The summed E-state index contributed by atoms with van der Waals surface area (Å²) in [6.45, 7) is 7.57. The van der Waals surface area contributed by atoms with Gasteiger partial charge in [0.15, 0.2) is 0 Å². The van der Waals surface area contributed by atoms with E-state index in [1.807, 2.05) is 24.3 Å². The van der Waals surface area contributed by atoms with Crippen LogP contribution in [0.3, 0.4) is 0 Å². The Hall–Kier alpha value is -2.54. The molecule has 1 aliphatic rings. The normalized spacial score (nSPS) is 24.3. The van der Waals surface area contributed by atoms with E-state index < -0.39 is 23.4 Å². The molecule has 0 saturated heterocycles. The minimum atomic E-state index is -1.34. The maximum atomic E-state index is 12.6. The highest BCUT2D eigenvalue weighted by atomic mass is 16.5. The van der Waals surface area contributed by atoms with Crippen molar-refractivity contribution in [2.45, 2.75) is 38.7 Å². The maximum Gasteiger partial charge on any atom is 0.312 e. The highest BCUT2D eigenvalue weighted by Crippen LogP contribution is 2.44. The van der Waals surface area contributed by atoms with Gasteiger partial charge in [-0.25, -0.2) is 0 Å².